The fourth-order valence-electron chi connectivity index (χ4n) is 2.97. The Morgan fingerprint density at radius 1 is 1.25 bits per heavy atom. The number of fused-ring (bicyclic) bond motifs is 1. The summed E-state index contributed by atoms with van der Waals surface area (Å²) in [6.45, 7) is 3.09. The number of nitrogens with one attached hydrogen (secondary N) is 2. The maximum Gasteiger partial charge on any atom is 0.318 e. The molecule has 2 heterocycles. The van der Waals surface area contributed by atoms with Gasteiger partial charge in [0.2, 0.25) is 5.91 Å². The van der Waals surface area contributed by atoms with Gasteiger partial charge < -0.3 is 15.5 Å². The van der Waals surface area contributed by atoms with E-state index in [1.807, 2.05) is 23.1 Å². The topological polar surface area (TPSA) is 74.3 Å². The molecule has 0 unspecified atom stereocenters. The minimum Gasteiger partial charge on any atom is -0.355 e. The lowest BCUT2D eigenvalue weighted by Gasteiger charge is -2.34. The van der Waals surface area contributed by atoms with E-state index in [0.717, 1.165) is 41.0 Å². The van der Waals surface area contributed by atoms with Crippen molar-refractivity contribution in [2.75, 3.05) is 19.6 Å². The van der Waals surface area contributed by atoms with E-state index in [1.165, 1.54) is 6.92 Å². The molecule has 24 heavy (non-hydrogen) atoms. The number of para-hydroxylation sites is 1. The molecule has 1 fully saturated rings. The van der Waals surface area contributed by atoms with E-state index in [4.69, 9.17) is 4.98 Å². The zero-order valence-corrected chi connectivity index (χ0v) is 14.6. The number of piperidine rings is 1. The Morgan fingerprint density at radius 2 is 2.04 bits per heavy atom. The highest BCUT2D eigenvalue weighted by Crippen LogP contribution is 2.35. The Bertz CT molecular complexity index is 697. The van der Waals surface area contributed by atoms with Gasteiger partial charge in [0.15, 0.2) is 0 Å². The molecule has 0 radical (unpaired) electrons. The molecule has 2 aromatic rings. The third-order valence-corrected chi connectivity index (χ3v) is 5.27. The van der Waals surface area contributed by atoms with Crippen molar-refractivity contribution >= 4 is 33.5 Å². The van der Waals surface area contributed by atoms with Crippen LogP contribution in [0.3, 0.4) is 0 Å². The zero-order chi connectivity index (χ0) is 16.9. The molecule has 6 nitrogen and oxygen atoms in total. The molecule has 128 valence electrons. The number of urea groups is 1. The van der Waals surface area contributed by atoms with Crippen LogP contribution in [0.4, 0.5) is 4.79 Å². The Kier molecular flexibility index (Phi) is 5.30. The van der Waals surface area contributed by atoms with Crippen LogP contribution in [0.2, 0.25) is 0 Å². The highest BCUT2D eigenvalue weighted by molar-refractivity contribution is 7.18. The number of likely N-dealkylation sites (tertiary alicyclic amines) is 1. The molecule has 2 N–H and O–H groups in total. The highest BCUT2D eigenvalue weighted by Gasteiger charge is 2.30. The number of thiazole rings is 1. The second kappa shape index (κ2) is 7.61. The van der Waals surface area contributed by atoms with Gasteiger partial charge in [-0.15, -0.1) is 11.3 Å². The van der Waals surface area contributed by atoms with Gasteiger partial charge in [0.05, 0.1) is 16.3 Å². The summed E-state index contributed by atoms with van der Waals surface area (Å²) in [7, 11) is 0. The highest BCUT2D eigenvalue weighted by atomic mass is 32.1. The van der Waals surface area contributed by atoms with Crippen LogP contribution in [0.25, 0.3) is 10.2 Å². The first-order valence-corrected chi connectivity index (χ1v) is 9.11. The zero-order valence-electron chi connectivity index (χ0n) is 13.7. The molecular formula is C17H22N4O2S. The quantitative estimate of drug-likeness (QED) is 0.836. The van der Waals surface area contributed by atoms with Crippen LogP contribution in [0.1, 0.15) is 37.2 Å². The minimum atomic E-state index is -0.0884. The number of carbonyl (C=O) groups excluding carboxylic acids is 2. The number of nitrogens with zero attached hydrogens (tertiary/aromatic N) is 2. The van der Waals surface area contributed by atoms with E-state index in [9.17, 15) is 9.59 Å². The lowest BCUT2D eigenvalue weighted by atomic mass is 10.0. The SMILES string of the molecule is CC(=O)NCCNC(=O)N1CCCC[C@@H]1c1nc2ccccc2s1. The molecule has 1 aliphatic rings. The van der Waals surface area contributed by atoms with Gasteiger partial charge in [-0.05, 0) is 31.4 Å². The van der Waals surface area contributed by atoms with Crippen molar-refractivity contribution in [2.45, 2.75) is 32.2 Å². The summed E-state index contributed by atoms with van der Waals surface area (Å²) >= 11 is 1.67. The van der Waals surface area contributed by atoms with Crippen molar-refractivity contribution in [3.05, 3.63) is 29.3 Å². The largest absolute Gasteiger partial charge is 0.355 e. The van der Waals surface area contributed by atoms with Crippen LogP contribution >= 0.6 is 11.3 Å². The van der Waals surface area contributed by atoms with Gasteiger partial charge in [-0.2, -0.15) is 0 Å². The third-order valence-electron chi connectivity index (χ3n) is 4.13. The predicted molar refractivity (Wildman–Crippen MR) is 95.0 cm³/mol. The molecule has 7 heteroatoms. The number of amides is 3. The van der Waals surface area contributed by atoms with Crippen LogP contribution in [0.15, 0.2) is 24.3 Å². The van der Waals surface area contributed by atoms with Gasteiger partial charge >= 0.3 is 6.03 Å². The fraction of sp³-hybridized carbons (Fsp3) is 0.471. The molecule has 1 aromatic carbocycles. The van der Waals surface area contributed by atoms with Crippen molar-refractivity contribution in [3.8, 4) is 0 Å². The van der Waals surface area contributed by atoms with E-state index in [2.05, 4.69) is 16.7 Å². The van der Waals surface area contributed by atoms with E-state index < -0.39 is 0 Å². The smallest absolute Gasteiger partial charge is 0.318 e. The monoisotopic (exact) mass is 346 g/mol. The number of hydrogen-bond donors (Lipinski definition) is 2. The van der Waals surface area contributed by atoms with Crippen molar-refractivity contribution in [3.63, 3.8) is 0 Å². The molecule has 0 aliphatic carbocycles. The summed E-state index contributed by atoms with van der Waals surface area (Å²) in [6.07, 6.45) is 3.07. The van der Waals surface area contributed by atoms with Gasteiger partial charge in [0, 0.05) is 26.6 Å². The van der Waals surface area contributed by atoms with Crippen molar-refractivity contribution in [2.24, 2.45) is 0 Å². The van der Waals surface area contributed by atoms with Crippen LogP contribution in [-0.2, 0) is 4.79 Å². The van der Waals surface area contributed by atoms with Gasteiger partial charge in [-0.25, -0.2) is 9.78 Å². The lowest BCUT2D eigenvalue weighted by molar-refractivity contribution is -0.118. The Balaban J connectivity index is 1.68. The first-order valence-electron chi connectivity index (χ1n) is 8.29. The molecule has 3 amide bonds. The van der Waals surface area contributed by atoms with E-state index in [-0.39, 0.29) is 18.0 Å². The average Bonchev–Trinajstić information content (AvgIpc) is 3.02. The normalized spacial score (nSPS) is 17.7. The fourth-order valence-corrected chi connectivity index (χ4v) is 4.09. The first kappa shape index (κ1) is 16.7. The maximum atomic E-state index is 12.5. The second-order valence-corrected chi connectivity index (χ2v) is 7.00. The van der Waals surface area contributed by atoms with Crippen LogP contribution in [0, 0.1) is 0 Å². The molecule has 1 atom stereocenters. The molecular weight excluding hydrogens is 324 g/mol. The van der Waals surface area contributed by atoms with Gasteiger partial charge in [0.25, 0.3) is 0 Å². The molecule has 0 saturated carbocycles. The lowest BCUT2D eigenvalue weighted by Crippen LogP contribution is -2.46. The van der Waals surface area contributed by atoms with Crippen LogP contribution < -0.4 is 10.6 Å². The molecule has 1 saturated heterocycles. The predicted octanol–water partition coefficient (Wildman–Crippen LogP) is 2.67. The molecule has 1 aromatic heterocycles. The summed E-state index contributed by atoms with van der Waals surface area (Å²) < 4.78 is 1.16. The van der Waals surface area contributed by atoms with E-state index in [1.54, 1.807) is 11.3 Å². The van der Waals surface area contributed by atoms with Crippen LogP contribution in [-0.4, -0.2) is 41.5 Å². The Morgan fingerprint density at radius 3 is 2.83 bits per heavy atom. The number of hydrogen-bond acceptors (Lipinski definition) is 4. The summed E-state index contributed by atoms with van der Waals surface area (Å²) in [5.74, 6) is -0.0884. The average molecular weight is 346 g/mol. The molecule has 0 bridgehead atoms. The Hall–Kier alpha value is -2.15. The summed E-state index contributed by atoms with van der Waals surface area (Å²) in [6, 6.07) is 8.03. The van der Waals surface area contributed by atoms with Crippen molar-refractivity contribution < 1.29 is 9.59 Å². The van der Waals surface area contributed by atoms with E-state index in [0.29, 0.717) is 13.1 Å². The minimum absolute atomic E-state index is 0.0388. The standard InChI is InChI=1S/C17H22N4O2S/c1-12(22)18-9-10-19-17(23)21-11-5-4-7-14(21)16-20-13-6-2-3-8-15(13)24-16/h2-3,6,8,14H,4-5,7,9-11H2,1H3,(H,18,22)(H,19,23)/t14-/m1/s1. The van der Waals surface area contributed by atoms with Crippen molar-refractivity contribution in [1.82, 2.24) is 20.5 Å². The first-order chi connectivity index (χ1) is 11.6. The number of aromatic nitrogens is 1. The van der Waals surface area contributed by atoms with E-state index >= 15 is 0 Å². The summed E-state index contributed by atoms with van der Waals surface area (Å²) in [5.41, 5.74) is 0.995. The van der Waals surface area contributed by atoms with Crippen molar-refractivity contribution in [1.29, 1.82) is 0 Å². The third kappa shape index (κ3) is 3.84. The number of rotatable bonds is 4. The van der Waals surface area contributed by atoms with Crippen LogP contribution in [0.5, 0.6) is 0 Å². The summed E-state index contributed by atoms with van der Waals surface area (Å²) in [5, 5.41) is 6.58. The number of benzene rings is 1. The second-order valence-electron chi connectivity index (χ2n) is 5.94. The Labute approximate surface area is 145 Å². The molecule has 0 spiro atoms. The molecule has 1 aliphatic heterocycles. The summed E-state index contributed by atoms with van der Waals surface area (Å²) in [4.78, 5) is 30.0. The maximum absolute atomic E-state index is 12.5. The van der Waals surface area contributed by atoms with Gasteiger partial charge in [0.1, 0.15) is 5.01 Å². The number of carbonyl (C=O) groups is 2. The molecule has 3 rings (SSSR count). The van der Waals surface area contributed by atoms with Gasteiger partial charge in [-0.1, -0.05) is 12.1 Å². The van der Waals surface area contributed by atoms with Gasteiger partial charge in [-0.3, -0.25) is 4.79 Å².